The Hall–Kier alpha value is -0.680. The van der Waals surface area contributed by atoms with Crippen molar-refractivity contribution >= 4 is 23.1 Å². The van der Waals surface area contributed by atoms with Crippen molar-refractivity contribution in [2.45, 2.75) is 26.7 Å². The molecular weight excluding hydrogens is 234 g/mol. The molecule has 17 heavy (non-hydrogen) atoms. The van der Waals surface area contributed by atoms with Crippen LogP contribution in [0.15, 0.2) is 0 Å². The molecule has 5 heteroatoms. The number of carbonyl (C=O) groups excluding carboxylic acids is 1. The lowest BCUT2D eigenvalue weighted by Crippen LogP contribution is -2.40. The summed E-state index contributed by atoms with van der Waals surface area (Å²) in [6, 6.07) is 0. The van der Waals surface area contributed by atoms with E-state index in [1.54, 1.807) is 0 Å². The van der Waals surface area contributed by atoms with E-state index in [9.17, 15) is 4.79 Å². The van der Waals surface area contributed by atoms with Crippen LogP contribution in [0.3, 0.4) is 0 Å². The molecule has 1 heterocycles. The van der Waals surface area contributed by atoms with Crippen molar-refractivity contribution < 1.29 is 4.79 Å². The Balaban J connectivity index is 2.31. The highest BCUT2D eigenvalue weighted by molar-refractivity contribution is 7.80. The maximum absolute atomic E-state index is 11.8. The van der Waals surface area contributed by atoms with Gasteiger partial charge >= 0.3 is 0 Å². The van der Waals surface area contributed by atoms with Gasteiger partial charge in [-0.05, 0) is 31.8 Å². The second-order valence-electron chi connectivity index (χ2n) is 4.66. The molecule has 0 bridgehead atoms. The molecule has 3 N–H and O–H groups in total. The van der Waals surface area contributed by atoms with E-state index >= 15 is 0 Å². The lowest BCUT2D eigenvalue weighted by atomic mass is 10.0. The molecule has 1 aliphatic heterocycles. The summed E-state index contributed by atoms with van der Waals surface area (Å²) in [4.78, 5) is 14.5. The molecule has 4 nitrogen and oxygen atoms in total. The van der Waals surface area contributed by atoms with Gasteiger partial charge in [-0.3, -0.25) is 4.79 Å². The molecule has 1 saturated heterocycles. The minimum atomic E-state index is -0.311. The van der Waals surface area contributed by atoms with Crippen molar-refractivity contribution in [3.05, 3.63) is 0 Å². The normalized spacial score (nSPS) is 22.4. The lowest BCUT2D eigenvalue weighted by molar-refractivity contribution is -0.123. The molecule has 0 aromatic rings. The fourth-order valence-electron chi connectivity index (χ4n) is 2.25. The zero-order chi connectivity index (χ0) is 12.8. The Morgan fingerprint density at radius 3 is 2.76 bits per heavy atom. The van der Waals surface area contributed by atoms with Crippen LogP contribution in [0.1, 0.15) is 26.7 Å². The predicted molar refractivity (Wildman–Crippen MR) is 73.8 cm³/mol. The molecule has 1 amide bonds. The second-order valence-corrected chi connectivity index (χ2v) is 5.13. The Kier molecular flexibility index (Phi) is 5.85. The van der Waals surface area contributed by atoms with Crippen LogP contribution >= 0.6 is 12.2 Å². The molecule has 0 saturated carbocycles. The van der Waals surface area contributed by atoms with Crippen LogP contribution < -0.4 is 11.1 Å². The lowest BCUT2D eigenvalue weighted by Gasteiger charge is -2.16. The molecule has 2 atom stereocenters. The van der Waals surface area contributed by atoms with Gasteiger partial charge in [0.05, 0.1) is 10.9 Å². The quantitative estimate of drug-likeness (QED) is 0.690. The van der Waals surface area contributed by atoms with Crippen LogP contribution in [0.4, 0.5) is 0 Å². The van der Waals surface area contributed by atoms with E-state index in [-0.39, 0.29) is 11.8 Å². The first-order valence-electron chi connectivity index (χ1n) is 6.37. The van der Waals surface area contributed by atoms with E-state index in [1.165, 1.54) is 0 Å². The summed E-state index contributed by atoms with van der Waals surface area (Å²) in [7, 11) is 0. The van der Waals surface area contributed by atoms with E-state index in [2.05, 4.69) is 17.1 Å². The summed E-state index contributed by atoms with van der Waals surface area (Å²) in [5.41, 5.74) is 5.54. The van der Waals surface area contributed by atoms with Crippen molar-refractivity contribution in [2.75, 3.05) is 26.2 Å². The Morgan fingerprint density at radius 2 is 2.29 bits per heavy atom. The maximum Gasteiger partial charge on any atom is 0.229 e. The first-order valence-corrected chi connectivity index (χ1v) is 6.78. The SMILES string of the molecule is CCC(C(=O)NCC1CCN(CC)C1)C(N)=S. The van der Waals surface area contributed by atoms with Crippen molar-refractivity contribution in [2.24, 2.45) is 17.6 Å². The summed E-state index contributed by atoms with van der Waals surface area (Å²) < 4.78 is 0. The number of hydrogen-bond acceptors (Lipinski definition) is 3. The number of rotatable bonds is 6. The van der Waals surface area contributed by atoms with Gasteiger partial charge in [0.25, 0.3) is 0 Å². The van der Waals surface area contributed by atoms with Gasteiger partial charge in [0.15, 0.2) is 0 Å². The minimum Gasteiger partial charge on any atom is -0.393 e. The number of likely N-dealkylation sites (tertiary alicyclic amines) is 1. The maximum atomic E-state index is 11.8. The third kappa shape index (κ3) is 4.24. The molecule has 98 valence electrons. The average Bonchev–Trinajstić information content (AvgIpc) is 2.74. The summed E-state index contributed by atoms with van der Waals surface area (Å²) in [6.45, 7) is 8.16. The van der Waals surface area contributed by atoms with Crippen LogP contribution in [0.25, 0.3) is 0 Å². The van der Waals surface area contributed by atoms with Gasteiger partial charge in [-0.2, -0.15) is 0 Å². The largest absolute Gasteiger partial charge is 0.393 e. The monoisotopic (exact) mass is 257 g/mol. The van der Waals surface area contributed by atoms with Crippen molar-refractivity contribution in [1.82, 2.24) is 10.2 Å². The van der Waals surface area contributed by atoms with Gasteiger partial charge in [0, 0.05) is 13.1 Å². The molecular formula is C12H23N3OS. The van der Waals surface area contributed by atoms with Gasteiger partial charge in [-0.15, -0.1) is 0 Å². The topological polar surface area (TPSA) is 58.4 Å². The number of nitrogens with two attached hydrogens (primary N) is 1. The molecule has 1 aliphatic rings. The Morgan fingerprint density at radius 1 is 1.59 bits per heavy atom. The highest BCUT2D eigenvalue weighted by atomic mass is 32.1. The number of amides is 1. The van der Waals surface area contributed by atoms with Crippen molar-refractivity contribution in [3.8, 4) is 0 Å². The number of hydrogen-bond donors (Lipinski definition) is 2. The summed E-state index contributed by atoms with van der Waals surface area (Å²) >= 11 is 4.89. The zero-order valence-corrected chi connectivity index (χ0v) is 11.6. The fourth-order valence-corrected chi connectivity index (χ4v) is 2.52. The minimum absolute atomic E-state index is 0.0186. The second kappa shape index (κ2) is 6.91. The van der Waals surface area contributed by atoms with Crippen LogP contribution in [0.5, 0.6) is 0 Å². The van der Waals surface area contributed by atoms with Crippen LogP contribution in [0, 0.1) is 11.8 Å². The molecule has 0 aromatic heterocycles. The number of nitrogens with one attached hydrogen (secondary N) is 1. The van der Waals surface area contributed by atoms with Crippen LogP contribution in [-0.2, 0) is 4.79 Å². The van der Waals surface area contributed by atoms with E-state index in [0.29, 0.717) is 17.3 Å². The Labute approximate surface area is 109 Å². The molecule has 0 aliphatic carbocycles. The summed E-state index contributed by atoms with van der Waals surface area (Å²) in [5.74, 6) is 0.242. The third-order valence-corrected chi connectivity index (χ3v) is 3.73. The van der Waals surface area contributed by atoms with Gasteiger partial charge in [0.2, 0.25) is 5.91 Å². The molecule has 0 spiro atoms. The van der Waals surface area contributed by atoms with E-state index < -0.39 is 0 Å². The van der Waals surface area contributed by atoms with Crippen molar-refractivity contribution in [1.29, 1.82) is 0 Å². The predicted octanol–water partition coefficient (Wildman–Crippen LogP) is 0.757. The first kappa shape index (κ1) is 14.4. The van der Waals surface area contributed by atoms with E-state index in [4.69, 9.17) is 18.0 Å². The van der Waals surface area contributed by atoms with E-state index in [1.807, 2.05) is 6.92 Å². The molecule has 0 radical (unpaired) electrons. The standard InChI is InChI=1S/C12H23N3OS/c1-3-10(11(13)17)12(16)14-7-9-5-6-15(4-2)8-9/h9-10H,3-8H2,1-2H3,(H2,13,17)(H,14,16). The molecule has 2 unspecified atom stereocenters. The van der Waals surface area contributed by atoms with Gasteiger partial charge in [0.1, 0.15) is 0 Å². The van der Waals surface area contributed by atoms with Crippen LogP contribution in [0.2, 0.25) is 0 Å². The zero-order valence-electron chi connectivity index (χ0n) is 10.7. The highest BCUT2D eigenvalue weighted by Gasteiger charge is 2.24. The fraction of sp³-hybridized carbons (Fsp3) is 0.833. The van der Waals surface area contributed by atoms with Gasteiger partial charge in [-0.25, -0.2) is 0 Å². The van der Waals surface area contributed by atoms with E-state index in [0.717, 1.165) is 32.6 Å². The first-order chi connectivity index (χ1) is 8.08. The molecule has 1 rings (SSSR count). The van der Waals surface area contributed by atoms with Gasteiger partial charge in [-0.1, -0.05) is 26.1 Å². The average molecular weight is 257 g/mol. The van der Waals surface area contributed by atoms with Crippen molar-refractivity contribution in [3.63, 3.8) is 0 Å². The molecule has 0 aromatic carbocycles. The Bertz CT molecular complexity index is 283. The third-order valence-electron chi connectivity index (χ3n) is 3.45. The van der Waals surface area contributed by atoms with Crippen LogP contribution in [-0.4, -0.2) is 42.0 Å². The number of nitrogens with zero attached hydrogens (tertiary/aromatic N) is 1. The highest BCUT2D eigenvalue weighted by Crippen LogP contribution is 2.14. The summed E-state index contributed by atoms with van der Waals surface area (Å²) in [6.07, 6.45) is 1.84. The molecule has 1 fully saturated rings. The smallest absolute Gasteiger partial charge is 0.229 e. The number of thiocarbonyl (C=S) groups is 1. The summed E-state index contributed by atoms with van der Waals surface area (Å²) in [5, 5.41) is 2.97. The number of carbonyl (C=O) groups is 1. The van der Waals surface area contributed by atoms with Gasteiger partial charge < -0.3 is 16.0 Å².